The van der Waals surface area contributed by atoms with Gasteiger partial charge in [-0.1, -0.05) is 97.1 Å². The lowest BCUT2D eigenvalue weighted by atomic mass is 9.98. The number of pyridine rings is 1. The Labute approximate surface area is 241 Å². The number of hydrogen-bond acceptors (Lipinski definition) is 2. The highest BCUT2D eigenvalue weighted by Gasteiger charge is 2.15. The van der Waals surface area contributed by atoms with E-state index in [1.165, 1.54) is 21.5 Å². The molecule has 3 heterocycles. The van der Waals surface area contributed by atoms with E-state index in [0.717, 1.165) is 61.0 Å². The van der Waals surface area contributed by atoms with Gasteiger partial charge in [0.15, 0.2) is 0 Å². The first-order valence-corrected chi connectivity index (χ1v) is 14.2. The van der Waals surface area contributed by atoms with Gasteiger partial charge < -0.3 is 4.42 Å². The zero-order chi connectivity index (χ0) is 27.6. The Morgan fingerprint density at radius 2 is 1.21 bits per heavy atom. The molecule has 3 nitrogen and oxygen atoms in total. The summed E-state index contributed by atoms with van der Waals surface area (Å²) in [6, 6.07) is 49.2. The average Bonchev–Trinajstić information content (AvgIpc) is 3.59. The Morgan fingerprint density at radius 1 is 0.476 bits per heavy atom. The molecule has 3 heteroatoms. The first kappa shape index (κ1) is 23.1. The van der Waals surface area contributed by atoms with Crippen LogP contribution in [0.4, 0.5) is 0 Å². The molecule has 9 rings (SSSR count). The predicted octanol–water partition coefficient (Wildman–Crippen LogP) is 10.6. The highest BCUT2D eigenvalue weighted by Crippen LogP contribution is 2.38. The summed E-state index contributed by atoms with van der Waals surface area (Å²) in [4.78, 5) is 5.00. The molecule has 0 atom stereocenters. The zero-order valence-corrected chi connectivity index (χ0v) is 22.7. The quantitative estimate of drug-likeness (QED) is 0.225. The lowest BCUT2D eigenvalue weighted by molar-refractivity contribution is 0.670. The predicted molar refractivity (Wildman–Crippen MR) is 174 cm³/mol. The van der Waals surface area contributed by atoms with Crippen LogP contribution >= 0.6 is 0 Å². The Bertz CT molecular complexity index is 2460. The molecule has 0 unspecified atom stereocenters. The summed E-state index contributed by atoms with van der Waals surface area (Å²) in [6.07, 6.45) is 1.98. The van der Waals surface area contributed by atoms with Crippen molar-refractivity contribution in [2.45, 2.75) is 0 Å². The van der Waals surface area contributed by atoms with Crippen molar-refractivity contribution in [2.24, 2.45) is 0 Å². The molecule has 6 aromatic carbocycles. The highest BCUT2D eigenvalue weighted by atomic mass is 16.3. The second kappa shape index (κ2) is 8.92. The third-order valence-corrected chi connectivity index (χ3v) is 8.43. The van der Waals surface area contributed by atoms with Gasteiger partial charge in [0.2, 0.25) is 0 Å². The van der Waals surface area contributed by atoms with E-state index in [2.05, 4.69) is 132 Å². The van der Waals surface area contributed by atoms with Crippen LogP contribution in [0, 0.1) is 0 Å². The van der Waals surface area contributed by atoms with Crippen LogP contribution < -0.4 is 0 Å². The van der Waals surface area contributed by atoms with E-state index >= 15 is 0 Å². The third kappa shape index (κ3) is 3.44. The summed E-state index contributed by atoms with van der Waals surface area (Å²) in [5.41, 5.74) is 8.55. The molecule has 0 N–H and O–H groups in total. The van der Waals surface area contributed by atoms with Gasteiger partial charge in [-0.25, -0.2) is 4.98 Å². The van der Waals surface area contributed by atoms with Crippen LogP contribution in [0.25, 0.3) is 82.6 Å². The molecular weight excluding hydrogens is 512 g/mol. The zero-order valence-electron chi connectivity index (χ0n) is 22.7. The topological polar surface area (TPSA) is 31.0 Å². The van der Waals surface area contributed by atoms with E-state index in [9.17, 15) is 0 Å². The number of rotatable bonds is 3. The SMILES string of the molecule is c1cc(-c2ccc(-n3c4ccccc4c4cc5ccccc5cc43)nc2)cc(-c2cccc3c2oc2ccccc23)c1. The maximum absolute atomic E-state index is 6.32. The van der Waals surface area contributed by atoms with Crippen LogP contribution in [0.3, 0.4) is 0 Å². The molecule has 0 bridgehead atoms. The number of nitrogens with zero attached hydrogens (tertiary/aromatic N) is 2. The van der Waals surface area contributed by atoms with Gasteiger partial charge in [-0.3, -0.25) is 4.57 Å². The fourth-order valence-corrected chi connectivity index (χ4v) is 6.43. The first-order valence-electron chi connectivity index (χ1n) is 14.2. The molecule has 42 heavy (non-hydrogen) atoms. The molecule has 3 aromatic heterocycles. The normalized spacial score (nSPS) is 11.8. The summed E-state index contributed by atoms with van der Waals surface area (Å²) in [5.74, 6) is 0.906. The average molecular weight is 537 g/mol. The molecule has 0 spiro atoms. The van der Waals surface area contributed by atoms with E-state index < -0.39 is 0 Å². The standard InChI is InChI=1S/C39H24N2O/c1-2-10-27-23-36-34(22-26(27)9-1)31-13-3-5-17-35(31)41(36)38-20-19-29(24-40-38)25-11-7-12-28(21-25)30-15-8-16-33-32-14-4-6-18-37(32)42-39(30)33/h1-24H. The lowest BCUT2D eigenvalue weighted by Crippen LogP contribution is -1.97. The van der Waals surface area contributed by atoms with E-state index in [-0.39, 0.29) is 0 Å². The first-order chi connectivity index (χ1) is 20.8. The highest BCUT2D eigenvalue weighted by molar-refractivity contribution is 6.13. The molecule has 0 saturated carbocycles. The minimum atomic E-state index is 0.906. The number of benzene rings is 6. The summed E-state index contributed by atoms with van der Waals surface area (Å²) >= 11 is 0. The number of hydrogen-bond donors (Lipinski definition) is 0. The number of fused-ring (bicyclic) bond motifs is 7. The maximum Gasteiger partial charge on any atom is 0.143 e. The van der Waals surface area contributed by atoms with Crippen LogP contribution in [-0.2, 0) is 0 Å². The van der Waals surface area contributed by atoms with Crippen molar-refractivity contribution in [3.05, 3.63) is 146 Å². The summed E-state index contributed by atoms with van der Waals surface area (Å²) in [7, 11) is 0. The Balaban J connectivity index is 1.16. The minimum Gasteiger partial charge on any atom is -0.455 e. The molecule has 9 aromatic rings. The third-order valence-electron chi connectivity index (χ3n) is 8.43. The number of furan rings is 1. The van der Waals surface area contributed by atoms with Crippen molar-refractivity contribution in [1.29, 1.82) is 0 Å². The van der Waals surface area contributed by atoms with E-state index in [1.54, 1.807) is 0 Å². The van der Waals surface area contributed by atoms with Crippen molar-refractivity contribution in [3.63, 3.8) is 0 Å². The van der Waals surface area contributed by atoms with Crippen LogP contribution in [0.1, 0.15) is 0 Å². The Morgan fingerprint density at radius 3 is 2.10 bits per heavy atom. The molecule has 0 aliphatic carbocycles. The van der Waals surface area contributed by atoms with E-state index in [0.29, 0.717) is 0 Å². The van der Waals surface area contributed by atoms with Gasteiger partial charge in [0.1, 0.15) is 17.0 Å². The van der Waals surface area contributed by atoms with Gasteiger partial charge in [-0.2, -0.15) is 0 Å². The van der Waals surface area contributed by atoms with Crippen LogP contribution in [0.15, 0.2) is 150 Å². The molecule has 0 amide bonds. The maximum atomic E-state index is 6.32. The van der Waals surface area contributed by atoms with Gasteiger partial charge in [0.25, 0.3) is 0 Å². The Kier molecular flexibility index (Phi) is 4.90. The summed E-state index contributed by atoms with van der Waals surface area (Å²) in [5, 5.41) is 7.22. The minimum absolute atomic E-state index is 0.906. The van der Waals surface area contributed by atoms with Gasteiger partial charge >= 0.3 is 0 Å². The number of para-hydroxylation sites is 3. The summed E-state index contributed by atoms with van der Waals surface area (Å²) < 4.78 is 8.60. The molecule has 0 saturated heterocycles. The van der Waals surface area contributed by atoms with Crippen molar-refractivity contribution in [2.75, 3.05) is 0 Å². The fourth-order valence-electron chi connectivity index (χ4n) is 6.43. The fraction of sp³-hybridized carbons (Fsp3) is 0. The molecular formula is C39H24N2O. The van der Waals surface area contributed by atoms with Gasteiger partial charge in [0.05, 0.1) is 11.0 Å². The molecule has 196 valence electrons. The molecule has 0 radical (unpaired) electrons. The lowest BCUT2D eigenvalue weighted by Gasteiger charge is -2.10. The largest absolute Gasteiger partial charge is 0.455 e. The van der Waals surface area contributed by atoms with Crippen LogP contribution in [0.5, 0.6) is 0 Å². The Hall–Kier alpha value is -5.67. The second-order valence-electron chi connectivity index (χ2n) is 10.8. The van der Waals surface area contributed by atoms with Crippen molar-refractivity contribution >= 4 is 54.5 Å². The molecule has 0 fully saturated rings. The van der Waals surface area contributed by atoms with Crippen molar-refractivity contribution in [1.82, 2.24) is 9.55 Å². The van der Waals surface area contributed by atoms with Crippen molar-refractivity contribution < 1.29 is 4.42 Å². The number of aromatic nitrogens is 2. The second-order valence-corrected chi connectivity index (χ2v) is 10.8. The molecule has 0 aliphatic rings. The molecule has 0 aliphatic heterocycles. The van der Waals surface area contributed by atoms with Crippen molar-refractivity contribution in [3.8, 4) is 28.1 Å². The van der Waals surface area contributed by atoms with E-state index in [1.807, 2.05) is 18.3 Å². The van der Waals surface area contributed by atoms with E-state index in [4.69, 9.17) is 9.40 Å². The smallest absolute Gasteiger partial charge is 0.143 e. The van der Waals surface area contributed by atoms with Gasteiger partial charge in [-0.15, -0.1) is 0 Å². The monoisotopic (exact) mass is 536 g/mol. The van der Waals surface area contributed by atoms with Gasteiger partial charge in [0, 0.05) is 38.9 Å². The van der Waals surface area contributed by atoms with Crippen LogP contribution in [-0.4, -0.2) is 9.55 Å². The van der Waals surface area contributed by atoms with Gasteiger partial charge in [-0.05, 0) is 64.4 Å². The summed E-state index contributed by atoms with van der Waals surface area (Å²) in [6.45, 7) is 0. The van der Waals surface area contributed by atoms with Crippen LogP contribution in [0.2, 0.25) is 0 Å².